The van der Waals surface area contributed by atoms with Gasteiger partial charge in [0.05, 0.1) is 17.7 Å². The van der Waals surface area contributed by atoms with Crippen molar-refractivity contribution in [2.75, 3.05) is 12.8 Å². The molecular formula is C13H11N3O2S. The summed E-state index contributed by atoms with van der Waals surface area (Å²) in [7, 11) is 1.63. The first-order valence-electron chi connectivity index (χ1n) is 5.59. The maximum atomic E-state index is 5.83. The van der Waals surface area contributed by atoms with Gasteiger partial charge in [-0.3, -0.25) is 0 Å². The summed E-state index contributed by atoms with van der Waals surface area (Å²) in [6.45, 7) is 0. The number of methoxy groups -OCH3 is 1. The van der Waals surface area contributed by atoms with Crippen LogP contribution in [0.2, 0.25) is 0 Å². The number of nitrogens with two attached hydrogens (primary N) is 1. The van der Waals surface area contributed by atoms with Gasteiger partial charge in [0.25, 0.3) is 5.89 Å². The van der Waals surface area contributed by atoms with Crippen molar-refractivity contribution in [1.82, 2.24) is 10.1 Å². The molecule has 0 amide bonds. The van der Waals surface area contributed by atoms with Gasteiger partial charge in [-0.25, -0.2) is 0 Å². The number of hydrogen-bond acceptors (Lipinski definition) is 6. The number of nitrogen functional groups attached to an aromatic ring is 1. The highest BCUT2D eigenvalue weighted by molar-refractivity contribution is 7.14. The first-order chi connectivity index (χ1) is 9.28. The summed E-state index contributed by atoms with van der Waals surface area (Å²) >= 11 is 1.44. The predicted octanol–water partition coefficient (Wildman–Crippen LogP) is 3.06. The molecule has 1 aromatic carbocycles. The van der Waals surface area contributed by atoms with Gasteiger partial charge in [0.15, 0.2) is 0 Å². The molecule has 0 saturated heterocycles. The SMILES string of the molecule is COc1ccc(-c2noc(-c3ccsc3N)n2)cc1. The van der Waals surface area contributed by atoms with Gasteiger partial charge in [-0.2, -0.15) is 4.98 Å². The van der Waals surface area contributed by atoms with E-state index in [-0.39, 0.29) is 0 Å². The van der Waals surface area contributed by atoms with E-state index in [9.17, 15) is 0 Å². The zero-order valence-electron chi connectivity index (χ0n) is 10.2. The molecule has 2 aromatic heterocycles. The monoisotopic (exact) mass is 273 g/mol. The first kappa shape index (κ1) is 11.7. The Morgan fingerprint density at radius 1 is 1.21 bits per heavy atom. The minimum Gasteiger partial charge on any atom is -0.497 e. The topological polar surface area (TPSA) is 74.2 Å². The molecule has 0 spiro atoms. The molecule has 0 bridgehead atoms. The van der Waals surface area contributed by atoms with E-state index >= 15 is 0 Å². The Labute approximate surface area is 113 Å². The zero-order chi connectivity index (χ0) is 13.2. The third-order valence-corrected chi connectivity index (χ3v) is 3.45. The number of aromatic nitrogens is 2. The van der Waals surface area contributed by atoms with Crippen LogP contribution >= 0.6 is 11.3 Å². The number of ether oxygens (including phenoxy) is 1. The Hall–Kier alpha value is -2.34. The van der Waals surface area contributed by atoms with E-state index in [0.717, 1.165) is 16.9 Å². The fraction of sp³-hybridized carbons (Fsp3) is 0.0769. The molecule has 0 aliphatic rings. The predicted molar refractivity (Wildman–Crippen MR) is 74.0 cm³/mol. The van der Waals surface area contributed by atoms with E-state index in [1.807, 2.05) is 35.7 Å². The molecule has 0 saturated carbocycles. The standard InChI is InChI=1S/C13H11N3O2S/c1-17-9-4-2-8(3-5-9)12-15-13(18-16-12)10-6-7-19-11(10)14/h2-7H,14H2,1H3. The van der Waals surface area contributed by atoms with Crippen molar-refractivity contribution in [3.8, 4) is 28.6 Å². The van der Waals surface area contributed by atoms with Gasteiger partial charge >= 0.3 is 0 Å². The number of benzene rings is 1. The van der Waals surface area contributed by atoms with Crippen LogP contribution in [0.5, 0.6) is 5.75 Å². The minimum atomic E-state index is 0.435. The van der Waals surface area contributed by atoms with Crippen LogP contribution in [0.1, 0.15) is 0 Å². The number of nitrogens with zero attached hydrogens (tertiary/aromatic N) is 2. The van der Waals surface area contributed by atoms with E-state index in [2.05, 4.69) is 10.1 Å². The highest BCUT2D eigenvalue weighted by Gasteiger charge is 2.13. The quantitative estimate of drug-likeness (QED) is 0.793. The van der Waals surface area contributed by atoms with Crippen molar-refractivity contribution in [1.29, 1.82) is 0 Å². The van der Waals surface area contributed by atoms with Crippen molar-refractivity contribution in [2.45, 2.75) is 0 Å². The molecule has 3 aromatic rings. The first-order valence-corrected chi connectivity index (χ1v) is 6.47. The summed E-state index contributed by atoms with van der Waals surface area (Å²) in [5, 5.41) is 6.52. The summed E-state index contributed by atoms with van der Waals surface area (Å²) in [5.74, 6) is 1.75. The van der Waals surface area contributed by atoms with Crippen LogP contribution in [0.3, 0.4) is 0 Å². The number of rotatable bonds is 3. The lowest BCUT2D eigenvalue weighted by molar-refractivity contribution is 0.415. The highest BCUT2D eigenvalue weighted by atomic mass is 32.1. The van der Waals surface area contributed by atoms with Crippen LogP contribution in [0.25, 0.3) is 22.8 Å². The van der Waals surface area contributed by atoms with Crippen LogP contribution < -0.4 is 10.5 Å². The lowest BCUT2D eigenvalue weighted by Crippen LogP contribution is -1.85. The molecule has 0 aliphatic carbocycles. The van der Waals surface area contributed by atoms with Gasteiger partial charge in [-0.15, -0.1) is 11.3 Å². The lowest BCUT2D eigenvalue weighted by atomic mass is 10.2. The summed E-state index contributed by atoms with van der Waals surface area (Å²) in [6, 6.07) is 9.33. The van der Waals surface area contributed by atoms with Crippen LogP contribution in [-0.4, -0.2) is 17.3 Å². The van der Waals surface area contributed by atoms with Gasteiger partial charge < -0.3 is 15.0 Å². The van der Waals surface area contributed by atoms with Gasteiger partial charge in [-0.1, -0.05) is 5.16 Å². The maximum absolute atomic E-state index is 5.83. The number of hydrogen-bond donors (Lipinski definition) is 1. The molecule has 2 N–H and O–H groups in total. The fourth-order valence-corrected chi connectivity index (χ4v) is 2.32. The minimum absolute atomic E-state index is 0.435. The lowest BCUT2D eigenvalue weighted by Gasteiger charge is -1.98. The third kappa shape index (κ3) is 2.17. The summed E-state index contributed by atoms with van der Waals surface area (Å²) < 4.78 is 10.3. The van der Waals surface area contributed by atoms with E-state index in [4.69, 9.17) is 15.0 Å². The Bertz CT molecular complexity index is 688. The van der Waals surface area contributed by atoms with Crippen LogP contribution in [0.4, 0.5) is 5.00 Å². The van der Waals surface area contributed by atoms with Gasteiger partial charge in [0.2, 0.25) is 5.82 Å². The molecule has 0 fully saturated rings. The van der Waals surface area contributed by atoms with E-state index in [1.165, 1.54) is 11.3 Å². The summed E-state index contributed by atoms with van der Waals surface area (Å²) in [4.78, 5) is 4.35. The molecule has 0 aliphatic heterocycles. The average molecular weight is 273 g/mol. The fourth-order valence-electron chi connectivity index (χ4n) is 1.69. The smallest absolute Gasteiger partial charge is 0.261 e. The highest BCUT2D eigenvalue weighted by Crippen LogP contribution is 2.30. The molecule has 5 nitrogen and oxygen atoms in total. The van der Waals surface area contributed by atoms with Crippen LogP contribution in [0.15, 0.2) is 40.2 Å². The molecule has 0 radical (unpaired) electrons. The van der Waals surface area contributed by atoms with Crippen LogP contribution in [-0.2, 0) is 0 Å². The Morgan fingerprint density at radius 2 is 2.00 bits per heavy atom. The largest absolute Gasteiger partial charge is 0.497 e. The molecule has 19 heavy (non-hydrogen) atoms. The van der Waals surface area contributed by atoms with Crippen LogP contribution in [0, 0.1) is 0 Å². The molecular weight excluding hydrogens is 262 g/mol. The van der Waals surface area contributed by atoms with Crippen molar-refractivity contribution in [3.05, 3.63) is 35.7 Å². The summed E-state index contributed by atoms with van der Waals surface area (Å²) in [6.07, 6.45) is 0. The molecule has 0 unspecified atom stereocenters. The van der Waals surface area contributed by atoms with Crippen molar-refractivity contribution < 1.29 is 9.26 Å². The second-order valence-corrected chi connectivity index (χ2v) is 4.80. The van der Waals surface area contributed by atoms with Crippen molar-refractivity contribution in [2.24, 2.45) is 0 Å². The Morgan fingerprint density at radius 3 is 2.63 bits per heavy atom. The Balaban J connectivity index is 1.94. The molecule has 96 valence electrons. The third-order valence-electron chi connectivity index (χ3n) is 2.70. The summed E-state index contributed by atoms with van der Waals surface area (Å²) in [5.41, 5.74) is 7.47. The molecule has 6 heteroatoms. The van der Waals surface area contributed by atoms with Gasteiger partial charge in [0.1, 0.15) is 5.75 Å². The average Bonchev–Trinajstić information content (AvgIpc) is 3.07. The zero-order valence-corrected chi connectivity index (χ0v) is 11.0. The van der Waals surface area contributed by atoms with E-state index in [1.54, 1.807) is 7.11 Å². The van der Waals surface area contributed by atoms with Gasteiger partial charge in [0, 0.05) is 5.56 Å². The molecule has 2 heterocycles. The molecule has 3 rings (SSSR count). The van der Waals surface area contributed by atoms with Crippen molar-refractivity contribution in [3.63, 3.8) is 0 Å². The maximum Gasteiger partial charge on any atom is 0.261 e. The Kier molecular flexibility index (Phi) is 2.92. The van der Waals surface area contributed by atoms with Crippen molar-refractivity contribution >= 4 is 16.3 Å². The van der Waals surface area contributed by atoms with E-state index in [0.29, 0.717) is 16.7 Å². The number of thiophene rings is 1. The van der Waals surface area contributed by atoms with E-state index < -0.39 is 0 Å². The second kappa shape index (κ2) is 4.74. The molecule has 0 atom stereocenters. The normalized spacial score (nSPS) is 10.6. The van der Waals surface area contributed by atoms with Gasteiger partial charge in [-0.05, 0) is 35.7 Å². The second-order valence-electron chi connectivity index (χ2n) is 3.85. The number of anilines is 1.